The first-order valence-electron chi connectivity index (χ1n) is 5.06. The number of aromatic nitrogens is 2. The van der Waals surface area contributed by atoms with E-state index >= 15 is 0 Å². The molecule has 0 unspecified atom stereocenters. The molecule has 1 rings (SSSR count). The van der Waals surface area contributed by atoms with Crippen molar-refractivity contribution in [2.45, 2.75) is 37.9 Å². The molecule has 0 bridgehead atoms. The molecule has 0 amide bonds. The minimum absolute atomic E-state index is 0.201. The van der Waals surface area contributed by atoms with E-state index < -0.39 is 0 Å². The van der Waals surface area contributed by atoms with Crippen LogP contribution >= 0.6 is 23.4 Å². The van der Waals surface area contributed by atoms with Crippen LogP contribution in [0.1, 0.15) is 32.3 Å². The maximum atomic E-state index is 5.92. The van der Waals surface area contributed by atoms with Crippen LogP contribution in [0.5, 0.6) is 0 Å². The highest BCUT2D eigenvalue weighted by Crippen LogP contribution is 2.26. The van der Waals surface area contributed by atoms with Crippen LogP contribution in [0.2, 0.25) is 5.15 Å². The highest BCUT2D eigenvalue weighted by Gasteiger charge is 2.12. The Bertz CT molecular complexity index is 352. The number of methoxy groups -OCH3 is 1. The standard InChI is InChI=1S/C11H17ClN2OS/c1-11(2,3)16-7-10-13-8(6-15-4)5-9(12)14-10/h5H,6-7H2,1-4H3. The van der Waals surface area contributed by atoms with Gasteiger partial charge in [0.25, 0.3) is 0 Å². The van der Waals surface area contributed by atoms with E-state index in [4.69, 9.17) is 16.3 Å². The highest BCUT2D eigenvalue weighted by atomic mass is 35.5. The van der Waals surface area contributed by atoms with Crippen LogP contribution in [0, 0.1) is 0 Å². The lowest BCUT2D eigenvalue weighted by molar-refractivity contribution is 0.181. The number of hydrogen-bond acceptors (Lipinski definition) is 4. The molecule has 0 aliphatic rings. The predicted octanol–water partition coefficient (Wildman–Crippen LogP) is 3.31. The quantitative estimate of drug-likeness (QED) is 0.778. The van der Waals surface area contributed by atoms with Gasteiger partial charge in [-0.05, 0) is 6.07 Å². The summed E-state index contributed by atoms with van der Waals surface area (Å²) >= 11 is 7.72. The van der Waals surface area contributed by atoms with Gasteiger partial charge in [0, 0.05) is 11.9 Å². The van der Waals surface area contributed by atoms with Crippen molar-refractivity contribution in [3.63, 3.8) is 0 Å². The van der Waals surface area contributed by atoms with Crippen LogP contribution in [0.4, 0.5) is 0 Å². The maximum Gasteiger partial charge on any atom is 0.140 e. The van der Waals surface area contributed by atoms with Crippen molar-refractivity contribution in [1.82, 2.24) is 9.97 Å². The SMILES string of the molecule is COCc1cc(Cl)nc(CSC(C)(C)C)n1. The van der Waals surface area contributed by atoms with Gasteiger partial charge in [-0.2, -0.15) is 0 Å². The van der Waals surface area contributed by atoms with Crippen LogP contribution in [0.25, 0.3) is 0 Å². The molecule has 0 spiro atoms. The number of hydrogen-bond donors (Lipinski definition) is 0. The van der Waals surface area contributed by atoms with E-state index in [-0.39, 0.29) is 4.75 Å². The third-order valence-electron chi connectivity index (χ3n) is 1.72. The lowest BCUT2D eigenvalue weighted by Gasteiger charge is -2.16. The summed E-state index contributed by atoms with van der Waals surface area (Å²) in [5.41, 5.74) is 0.826. The van der Waals surface area contributed by atoms with Crippen molar-refractivity contribution in [3.8, 4) is 0 Å². The Hall–Kier alpha value is -0.320. The zero-order valence-corrected chi connectivity index (χ0v) is 11.7. The Kier molecular flexibility index (Phi) is 5.02. The zero-order chi connectivity index (χ0) is 12.2. The minimum atomic E-state index is 0.201. The van der Waals surface area contributed by atoms with E-state index in [2.05, 4.69) is 30.7 Å². The molecule has 0 saturated carbocycles. The molecule has 1 aromatic rings. The topological polar surface area (TPSA) is 35.0 Å². The Morgan fingerprint density at radius 2 is 2.06 bits per heavy atom. The summed E-state index contributed by atoms with van der Waals surface area (Å²) in [6, 6.07) is 1.73. The number of nitrogens with zero attached hydrogens (tertiary/aromatic N) is 2. The van der Waals surface area contributed by atoms with Crippen molar-refractivity contribution < 1.29 is 4.74 Å². The van der Waals surface area contributed by atoms with Crippen molar-refractivity contribution in [2.24, 2.45) is 0 Å². The number of thioether (sulfide) groups is 1. The van der Waals surface area contributed by atoms with Crippen LogP contribution in [0.3, 0.4) is 0 Å². The first-order chi connectivity index (χ1) is 7.40. The molecular weight excluding hydrogens is 244 g/mol. The second kappa shape index (κ2) is 5.84. The fraction of sp³-hybridized carbons (Fsp3) is 0.636. The van der Waals surface area contributed by atoms with E-state index in [1.54, 1.807) is 24.9 Å². The molecule has 0 aliphatic heterocycles. The fourth-order valence-electron chi connectivity index (χ4n) is 1.08. The molecule has 16 heavy (non-hydrogen) atoms. The lowest BCUT2D eigenvalue weighted by atomic mass is 10.3. The average Bonchev–Trinajstić information content (AvgIpc) is 2.13. The van der Waals surface area contributed by atoms with Gasteiger partial charge in [-0.3, -0.25) is 0 Å². The molecule has 90 valence electrons. The van der Waals surface area contributed by atoms with Gasteiger partial charge in [0.1, 0.15) is 11.0 Å². The smallest absolute Gasteiger partial charge is 0.140 e. The van der Waals surface area contributed by atoms with Crippen LogP contribution < -0.4 is 0 Å². The van der Waals surface area contributed by atoms with Gasteiger partial charge < -0.3 is 4.74 Å². The second-order valence-electron chi connectivity index (χ2n) is 4.43. The third kappa shape index (κ3) is 5.14. The fourth-order valence-corrected chi connectivity index (χ4v) is 2.00. The van der Waals surface area contributed by atoms with Gasteiger partial charge in [-0.15, -0.1) is 11.8 Å². The predicted molar refractivity (Wildman–Crippen MR) is 68.8 cm³/mol. The Morgan fingerprint density at radius 1 is 1.38 bits per heavy atom. The van der Waals surface area contributed by atoms with Crippen LogP contribution in [0.15, 0.2) is 6.07 Å². The van der Waals surface area contributed by atoms with Crippen molar-refractivity contribution >= 4 is 23.4 Å². The van der Waals surface area contributed by atoms with Gasteiger partial charge in [0.15, 0.2) is 0 Å². The van der Waals surface area contributed by atoms with E-state index in [1.165, 1.54) is 0 Å². The van der Waals surface area contributed by atoms with E-state index in [0.717, 1.165) is 17.3 Å². The first kappa shape index (κ1) is 13.7. The van der Waals surface area contributed by atoms with Crippen LogP contribution in [-0.4, -0.2) is 21.8 Å². The van der Waals surface area contributed by atoms with Crippen molar-refractivity contribution in [3.05, 3.63) is 22.7 Å². The Labute approximate surface area is 106 Å². The molecule has 0 atom stereocenters. The normalized spacial score (nSPS) is 11.8. The molecule has 5 heteroatoms. The van der Waals surface area contributed by atoms with Gasteiger partial charge in [0.2, 0.25) is 0 Å². The molecule has 1 aromatic heterocycles. The molecule has 0 aromatic carbocycles. The largest absolute Gasteiger partial charge is 0.378 e. The summed E-state index contributed by atoms with van der Waals surface area (Å²) in [4.78, 5) is 8.58. The number of ether oxygens (including phenoxy) is 1. The molecule has 0 radical (unpaired) electrons. The van der Waals surface area contributed by atoms with Gasteiger partial charge in [0.05, 0.1) is 18.1 Å². The summed E-state index contributed by atoms with van der Waals surface area (Å²) in [7, 11) is 1.64. The summed E-state index contributed by atoms with van der Waals surface area (Å²) in [6.07, 6.45) is 0. The van der Waals surface area contributed by atoms with E-state index in [9.17, 15) is 0 Å². The highest BCUT2D eigenvalue weighted by molar-refractivity contribution is 7.99. The summed E-state index contributed by atoms with van der Waals surface area (Å²) < 4.78 is 5.23. The number of halogens is 1. The summed E-state index contributed by atoms with van der Waals surface area (Å²) in [6.45, 7) is 6.96. The Balaban J connectivity index is 2.72. The zero-order valence-electron chi connectivity index (χ0n) is 10.1. The van der Waals surface area contributed by atoms with E-state index in [0.29, 0.717) is 11.8 Å². The third-order valence-corrected chi connectivity index (χ3v) is 3.18. The monoisotopic (exact) mass is 260 g/mol. The molecule has 0 saturated heterocycles. The lowest BCUT2D eigenvalue weighted by Crippen LogP contribution is -2.09. The van der Waals surface area contributed by atoms with Gasteiger partial charge >= 0.3 is 0 Å². The summed E-state index contributed by atoms with van der Waals surface area (Å²) in [5.74, 6) is 1.53. The van der Waals surface area contributed by atoms with Crippen molar-refractivity contribution in [1.29, 1.82) is 0 Å². The minimum Gasteiger partial charge on any atom is -0.378 e. The first-order valence-corrected chi connectivity index (χ1v) is 6.42. The molecule has 1 heterocycles. The Morgan fingerprint density at radius 3 is 2.62 bits per heavy atom. The van der Waals surface area contributed by atoms with Gasteiger partial charge in [-0.1, -0.05) is 32.4 Å². The second-order valence-corrected chi connectivity index (χ2v) is 6.62. The maximum absolute atomic E-state index is 5.92. The molecule has 3 nitrogen and oxygen atoms in total. The molecular formula is C11H17ClN2OS. The number of rotatable bonds is 4. The summed E-state index contributed by atoms with van der Waals surface area (Å²) in [5, 5.41) is 0.478. The van der Waals surface area contributed by atoms with E-state index in [1.807, 2.05) is 0 Å². The van der Waals surface area contributed by atoms with Crippen LogP contribution in [-0.2, 0) is 17.1 Å². The molecule has 0 fully saturated rings. The molecule has 0 N–H and O–H groups in total. The average molecular weight is 261 g/mol. The molecule has 0 aliphatic carbocycles. The van der Waals surface area contributed by atoms with Gasteiger partial charge in [-0.25, -0.2) is 9.97 Å². The van der Waals surface area contributed by atoms with Crippen molar-refractivity contribution in [2.75, 3.05) is 7.11 Å².